The van der Waals surface area contributed by atoms with Gasteiger partial charge in [0.15, 0.2) is 0 Å². The third kappa shape index (κ3) is 6.05. The largest absolute Gasteiger partial charge is 0.384 e. The number of hydrogen-bond donors (Lipinski definition) is 3. The van der Waals surface area contributed by atoms with Gasteiger partial charge in [0.1, 0.15) is 0 Å². The Morgan fingerprint density at radius 3 is 2.52 bits per heavy atom. The van der Waals surface area contributed by atoms with Crippen molar-refractivity contribution in [1.82, 2.24) is 4.31 Å². The molecule has 1 aliphatic heterocycles. The first-order valence-electron chi connectivity index (χ1n) is 8.92. The van der Waals surface area contributed by atoms with Gasteiger partial charge in [-0.15, -0.1) is 12.4 Å². The number of nitrogens with one attached hydrogen (secondary N) is 2. The average molecular weight is 421 g/mol. The Balaban J connectivity index is 0.00000364. The fourth-order valence-corrected chi connectivity index (χ4v) is 4.17. The van der Waals surface area contributed by atoms with Gasteiger partial charge in [0.2, 0.25) is 15.9 Å². The van der Waals surface area contributed by atoms with E-state index in [-0.39, 0.29) is 23.2 Å². The van der Waals surface area contributed by atoms with Crippen molar-refractivity contribution in [2.45, 2.75) is 37.6 Å². The summed E-state index contributed by atoms with van der Waals surface area (Å²) < 4.78 is 32.3. The summed E-state index contributed by atoms with van der Waals surface area (Å²) >= 11 is 0. The van der Waals surface area contributed by atoms with Gasteiger partial charge >= 0.3 is 0 Å². The molecule has 1 unspecified atom stereocenters. The second-order valence-corrected chi connectivity index (χ2v) is 8.08. The minimum atomic E-state index is -3.64. The quantitative estimate of drug-likeness (QED) is 0.589. The molecule has 1 aromatic rings. The van der Waals surface area contributed by atoms with E-state index in [1.807, 2.05) is 13.8 Å². The standard InChI is InChI=1S/C17H28N4O4S.ClH/c1-3-5-14(18)17(22)20-16-12-13(6-7-15(16)19-4-2)26(23,24)21-8-10-25-11-9-21;/h6-7,12,14,19H,3-5,8-11,18H2,1-2H3,(H,20,22);1H. The highest BCUT2D eigenvalue weighted by Gasteiger charge is 2.27. The number of carbonyl (C=O) groups is 1. The summed E-state index contributed by atoms with van der Waals surface area (Å²) in [7, 11) is -3.64. The number of nitrogens with two attached hydrogens (primary N) is 1. The molecule has 1 amide bonds. The zero-order valence-electron chi connectivity index (χ0n) is 15.7. The number of rotatable bonds is 8. The van der Waals surface area contributed by atoms with E-state index in [1.165, 1.54) is 10.4 Å². The Bertz CT molecular complexity index is 724. The molecule has 1 heterocycles. The fourth-order valence-electron chi connectivity index (χ4n) is 2.74. The van der Waals surface area contributed by atoms with Gasteiger partial charge in [-0.2, -0.15) is 4.31 Å². The van der Waals surface area contributed by atoms with Gasteiger partial charge in [0, 0.05) is 19.6 Å². The molecule has 1 aliphatic rings. The van der Waals surface area contributed by atoms with Crippen LogP contribution in [0.4, 0.5) is 11.4 Å². The Morgan fingerprint density at radius 2 is 1.93 bits per heavy atom. The summed E-state index contributed by atoms with van der Waals surface area (Å²) in [5, 5.41) is 5.89. The van der Waals surface area contributed by atoms with Gasteiger partial charge in [0.25, 0.3) is 0 Å². The van der Waals surface area contributed by atoms with Gasteiger partial charge in [0.05, 0.1) is 35.5 Å². The number of nitrogens with zero attached hydrogens (tertiary/aromatic N) is 1. The van der Waals surface area contributed by atoms with E-state index in [0.29, 0.717) is 50.6 Å². The molecule has 0 bridgehead atoms. The number of ether oxygens (including phenoxy) is 1. The second kappa shape index (κ2) is 10.8. The van der Waals surface area contributed by atoms with Crippen LogP contribution in [0.3, 0.4) is 0 Å². The molecule has 154 valence electrons. The third-order valence-electron chi connectivity index (χ3n) is 4.16. The van der Waals surface area contributed by atoms with Crippen LogP contribution in [-0.4, -0.2) is 57.5 Å². The molecule has 1 atom stereocenters. The normalized spacial score (nSPS) is 16.3. The third-order valence-corrected chi connectivity index (χ3v) is 6.06. The SMILES string of the molecule is CCCC(N)C(=O)Nc1cc(S(=O)(=O)N2CCOCC2)ccc1NCC.Cl. The molecule has 1 aromatic carbocycles. The molecular formula is C17H29ClN4O4S. The number of morpholine rings is 1. The molecule has 8 nitrogen and oxygen atoms in total. The lowest BCUT2D eigenvalue weighted by molar-refractivity contribution is -0.117. The van der Waals surface area contributed by atoms with E-state index < -0.39 is 16.1 Å². The molecule has 0 radical (unpaired) electrons. The Labute approximate surface area is 167 Å². The van der Waals surface area contributed by atoms with Crippen LogP contribution in [0.1, 0.15) is 26.7 Å². The molecule has 27 heavy (non-hydrogen) atoms. The maximum atomic E-state index is 12.8. The first-order valence-corrected chi connectivity index (χ1v) is 10.4. The molecular weight excluding hydrogens is 392 g/mol. The average Bonchev–Trinajstić information content (AvgIpc) is 2.64. The molecule has 4 N–H and O–H groups in total. The first-order chi connectivity index (χ1) is 12.4. The highest BCUT2D eigenvalue weighted by molar-refractivity contribution is 7.89. The summed E-state index contributed by atoms with van der Waals surface area (Å²) in [6, 6.07) is 4.07. The minimum absolute atomic E-state index is 0. The number of halogens is 1. The second-order valence-electron chi connectivity index (χ2n) is 6.14. The number of hydrogen-bond acceptors (Lipinski definition) is 6. The summed E-state index contributed by atoms with van der Waals surface area (Å²) in [6.07, 6.45) is 1.36. The van der Waals surface area contributed by atoms with Gasteiger partial charge in [-0.1, -0.05) is 13.3 Å². The van der Waals surface area contributed by atoms with Crippen LogP contribution < -0.4 is 16.4 Å². The molecule has 0 aromatic heterocycles. The highest BCUT2D eigenvalue weighted by atomic mass is 35.5. The lowest BCUT2D eigenvalue weighted by Crippen LogP contribution is -2.40. The number of benzene rings is 1. The molecule has 0 saturated carbocycles. The Kier molecular flexibility index (Phi) is 9.48. The van der Waals surface area contributed by atoms with Crippen molar-refractivity contribution in [2.24, 2.45) is 5.73 Å². The Hall–Kier alpha value is -1.39. The highest BCUT2D eigenvalue weighted by Crippen LogP contribution is 2.28. The molecule has 1 fully saturated rings. The maximum Gasteiger partial charge on any atom is 0.243 e. The summed E-state index contributed by atoms with van der Waals surface area (Å²) in [5.74, 6) is -0.327. The number of amides is 1. The van der Waals surface area contributed by atoms with Crippen LogP contribution in [-0.2, 0) is 19.6 Å². The number of anilines is 2. The van der Waals surface area contributed by atoms with Crippen molar-refractivity contribution in [3.05, 3.63) is 18.2 Å². The monoisotopic (exact) mass is 420 g/mol. The van der Waals surface area contributed by atoms with Crippen LogP contribution in [0.5, 0.6) is 0 Å². The number of sulfonamides is 1. The smallest absolute Gasteiger partial charge is 0.243 e. The van der Waals surface area contributed by atoms with Crippen LogP contribution in [0.2, 0.25) is 0 Å². The fraction of sp³-hybridized carbons (Fsp3) is 0.588. The van der Waals surface area contributed by atoms with E-state index >= 15 is 0 Å². The van der Waals surface area contributed by atoms with Crippen LogP contribution in [0.25, 0.3) is 0 Å². The molecule has 0 aliphatic carbocycles. The Morgan fingerprint density at radius 1 is 1.26 bits per heavy atom. The van der Waals surface area contributed by atoms with Crippen molar-refractivity contribution in [3.8, 4) is 0 Å². The van der Waals surface area contributed by atoms with E-state index in [2.05, 4.69) is 10.6 Å². The molecule has 2 rings (SSSR count). The van der Waals surface area contributed by atoms with Gasteiger partial charge in [-0.3, -0.25) is 4.79 Å². The first kappa shape index (κ1) is 23.6. The lowest BCUT2D eigenvalue weighted by atomic mass is 10.1. The van der Waals surface area contributed by atoms with Gasteiger partial charge < -0.3 is 21.1 Å². The summed E-state index contributed by atoms with van der Waals surface area (Å²) in [4.78, 5) is 12.4. The minimum Gasteiger partial charge on any atom is -0.384 e. The predicted molar refractivity (Wildman–Crippen MR) is 109 cm³/mol. The van der Waals surface area contributed by atoms with Crippen molar-refractivity contribution >= 4 is 39.7 Å². The van der Waals surface area contributed by atoms with E-state index in [1.54, 1.807) is 12.1 Å². The van der Waals surface area contributed by atoms with Crippen molar-refractivity contribution in [3.63, 3.8) is 0 Å². The van der Waals surface area contributed by atoms with Crippen LogP contribution in [0.15, 0.2) is 23.1 Å². The summed E-state index contributed by atoms with van der Waals surface area (Å²) in [5.41, 5.74) is 6.94. The van der Waals surface area contributed by atoms with Crippen molar-refractivity contribution < 1.29 is 17.9 Å². The van der Waals surface area contributed by atoms with E-state index in [9.17, 15) is 13.2 Å². The van der Waals surface area contributed by atoms with E-state index in [4.69, 9.17) is 10.5 Å². The van der Waals surface area contributed by atoms with Crippen LogP contribution >= 0.6 is 12.4 Å². The maximum absolute atomic E-state index is 12.8. The van der Waals surface area contributed by atoms with Gasteiger partial charge in [-0.25, -0.2) is 8.42 Å². The van der Waals surface area contributed by atoms with Gasteiger partial charge in [-0.05, 0) is 31.5 Å². The zero-order chi connectivity index (χ0) is 19.2. The van der Waals surface area contributed by atoms with Crippen molar-refractivity contribution in [1.29, 1.82) is 0 Å². The predicted octanol–water partition coefficient (Wildman–Crippen LogP) is 1.63. The molecule has 1 saturated heterocycles. The van der Waals surface area contributed by atoms with Crippen LogP contribution in [0, 0.1) is 0 Å². The topological polar surface area (TPSA) is 114 Å². The summed E-state index contributed by atoms with van der Waals surface area (Å²) in [6.45, 7) is 5.91. The molecule has 10 heteroatoms. The lowest BCUT2D eigenvalue weighted by Gasteiger charge is -2.26. The molecule has 0 spiro atoms. The zero-order valence-corrected chi connectivity index (χ0v) is 17.4. The van der Waals surface area contributed by atoms with E-state index in [0.717, 1.165) is 6.42 Å². The number of carbonyl (C=O) groups excluding carboxylic acids is 1. The van der Waals surface area contributed by atoms with Crippen molar-refractivity contribution in [2.75, 3.05) is 43.5 Å².